The topological polar surface area (TPSA) is 66.5 Å². The molecule has 21 heavy (non-hydrogen) atoms. The molecule has 3 atom stereocenters. The van der Waals surface area contributed by atoms with E-state index in [9.17, 15) is 17.6 Å². The van der Waals surface area contributed by atoms with Crippen LogP contribution in [0.4, 0.5) is 4.39 Å². The molecule has 0 aromatic heterocycles. The Kier molecular flexibility index (Phi) is 3.49. The number of amides is 1. The number of benzene rings is 1. The standard InChI is InChI=1S/C14H17FN2O3S/c1-9-11-8-17(7-10(11)6-16-14(9)18)21(19,20)13-5-3-2-4-12(13)15/h2-5,9-11H,6-8H2,1H3,(H,16,18)/t9-,10-,11-/m0/s1. The number of carbonyl (C=O) groups is 1. The molecule has 1 aromatic rings. The predicted octanol–water partition coefficient (Wildman–Crippen LogP) is 0.828. The van der Waals surface area contributed by atoms with Gasteiger partial charge in [0, 0.05) is 25.6 Å². The van der Waals surface area contributed by atoms with Crippen LogP contribution in [-0.4, -0.2) is 38.3 Å². The van der Waals surface area contributed by atoms with Gasteiger partial charge in [-0.05, 0) is 24.0 Å². The van der Waals surface area contributed by atoms with Gasteiger partial charge in [-0.1, -0.05) is 19.1 Å². The maximum absolute atomic E-state index is 13.8. The molecule has 2 aliphatic heterocycles. The Morgan fingerprint density at radius 3 is 2.71 bits per heavy atom. The first-order valence-electron chi connectivity index (χ1n) is 6.93. The molecule has 2 fully saturated rings. The highest BCUT2D eigenvalue weighted by Gasteiger charge is 2.46. The van der Waals surface area contributed by atoms with Crippen LogP contribution in [0.3, 0.4) is 0 Å². The van der Waals surface area contributed by atoms with Crippen molar-refractivity contribution in [2.75, 3.05) is 19.6 Å². The summed E-state index contributed by atoms with van der Waals surface area (Å²) in [6.07, 6.45) is 0. The first kappa shape index (κ1) is 14.5. The number of hydrogen-bond acceptors (Lipinski definition) is 3. The zero-order valence-corrected chi connectivity index (χ0v) is 12.4. The lowest BCUT2D eigenvalue weighted by atomic mass is 9.81. The van der Waals surface area contributed by atoms with E-state index in [0.29, 0.717) is 13.1 Å². The number of rotatable bonds is 2. The fraction of sp³-hybridized carbons (Fsp3) is 0.500. The average molecular weight is 312 g/mol. The number of hydrogen-bond donors (Lipinski definition) is 1. The predicted molar refractivity (Wildman–Crippen MR) is 74.3 cm³/mol. The highest BCUT2D eigenvalue weighted by molar-refractivity contribution is 7.89. The van der Waals surface area contributed by atoms with Crippen LogP contribution in [0.25, 0.3) is 0 Å². The summed E-state index contributed by atoms with van der Waals surface area (Å²) in [5.74, 6) is -0.903. The van der Waals surface area contributed by atoms with Crippen LogP contribution >= 0.6 is 0 Å². The molecule has 2 saturated heterocycles. The molecule has 1 N–H and O–H groups in total. The van der Waals surface area contributed by atoms with E-state index >= 15 is 0 Å². The molecular weight excluding hydrogens is 295 g/mol. The fourth-order valence-corrected chi connectivity index (χ4v) is 4.81. The van der Waals surface area contributed by atoms with Gasteiger partial charge in [0.1, 0.15) is 10.7 Å². The second-order valence-corrected chi connectivity index (χ2v) is 7.62. The number of fused-ring (bicyclic) bond motifs is 1. The molecule has 3 rings (SSSR count). The van der Waals surface area contributed by atoms with E-state index in [1.165, 1.54) is 22.5 Å². The SMILES string of the molecule is C[C@@H]1C(=O)NC[C@H]2CN(S(=O)(=O)c3ccccc3F)C[C@H]21. The van der Waals surface area contributed by atoms with E-state index in [1.54, 1.807) is 0 Å². The van der Waals surface area contributed by atoms with Crippen LogP contribution in [0, 0.1) is 23.6 Å². The number of carbonyl (C=O) groups excluding carboxylic acids is 1. The third-order valence-corrected chi connectivity index (χ3v) is 6.37. The van der Waals surface area contributed by atoms with Gasteiger partial charge < -0.3 is 5.32 Å². The van der Waals surface area contributed by atoms with Gasteiger partial charge in [-0.3, -0.25) is 4.79 Å². The lowest BCUT2D eigenvalue weighted by Gasteiger charge is -2.29. The molecule has 2 aliphatic rings. The molecule has 114 valence electrons. The van der Waals surface area contributed by atoms with Gasteiger partial charge in [-0.25, -0.2) is 12.8 Å². The van der Waals surface area contributed by atoms with E-state index in [1.807, 2.05) is 6.92 Å². The summed E-state index contributed by atoms with van der Waals surface area (Å²) in [5.41, 5.74) is 0. The van der Waals surface area contributed by atoms with Gasteiger partial charge >= 0.3 is 0 Å². The normalized spacial score (nSPS) is 30.0. The van der Waals surface area contributed by atoms with Crippen LogP contribution in [0.1, 0.15) is 6.92 Å². The first-order valence-corrected chi connectivity index (χ1v) is 8.37. The molecule has 0 radical (unpaired) electrons. The molecule has 5 nitrogen and oxygen atoms in total. The van der Waals surface area contributed by atoms with Crippen LogP contribution in [-0.2, 0) is 14.8 Å². The van der Waals surface area contributed by atoms with Crippen LogP contribution in [0.2, 0.25) is 0 Å². The number of piperidine rings is 1. The average Bonchev–Trinajstić information content (AvgIpc) is 2.89. The largest absolute Gasteiger partial charge is 0.356 e. The summed E-state index contributed by atoms with van der Waals surface area (Å²) in [5, 5.41) is 2.79. The zero-order chi connectivity index (χ0) is 15.2. The Hall–Kier alpha value is -1.47. The zero-order valence-electron chi connectivity index (χ0n) is 11.6. The summed E-state index contributed by atoms with van der Waals surface area (Å²) >= 11 is 0. The minimum Gasteiger partial charge on any atom is -0.356 e. The summed E-state index contributed by atoms with van der Waals surface area (Å²) in [6.45, 7) is 2.89. The Balaban J connectivity index is 1.89. The van der Waals surface area contributed by atoms with Crippen molar-refractivity contribution in [1.82, 2.24) is 9.62 Å². The van der Waals surface area contributed by atoms with Gasteiger partial charge in [-0.15, -0.1) is 0 Å². The summed E-state index contributed by atoms with van der Waals surface area (Å²) in [7, 11) is -3.85. The van der Waals surface area contributed by atoms with Gasteiger partial charge in [0.05, 0.1) is 0 Å². The van der Waals surface area contributed by atoms with Crippen LogP contribution < -0.4 is 5.32 Å². The van der Waals surface area contributed by atoms with Crippen molar-refractivity contribution in [3.05, 3.63) is 30.1 Å². The lowest BCUT2D eigenvalue weighted by Crippen LogP contribution is -2.46. The second kappa shape index (κ2) is 5.06. The van der Waals surface area contributed by atoms with E-state index in [2.05, 4.69) is 5.32 Å². The van der Waals surface area contributed by atoms with Crippen LogP contribution in [0.15, 0.2) is 29.2 Å². The van der Waals surface area contributed by atoms with Gasteiger partial charge in [0.15, 0.2) is 0 Å². The third kappa shape index (κ3) is 2.34. The molecule has 0 bridgehead atoms. The van der Waals surface area contributed by atoms with Gasteiger partial charge in [0.25, 0.3) is 0 Å². The summed E-state index contributed by atoms with van der Waals surface area (Å²) in [4.78, 5) is 11.4. The Morgan fingerprint density at radius 1 is 1.29 bits per heavy atom. The Labute approximate surface area is 123 Å². The van der Waals surface area contributed by atoms with Gasteiger partial charge in [0.2, 0.25) is 15.9 Å². The van der Waals surface area contributed by atoms with Crippen molar-refractivity contribution in [3.63, 3.8) is 0 Å². The molecule has 1 amide bonds. The smallest absolute Gasteiger partial charge is 0.246 e. The van der Waals surface area contributed by atoms with Crippen molar-refractivity contribution < 1.29 is 17.6 Å². The van der Waals surface area contributed by atoms with Crippen molar-refractivity contribution in [3.8, 4) is 0 Å². The highest BCUT2D eigenvalue weighted by atomic mass is 32.2. The van der Waals surface area contributed by atoms with E-state index in [-0.39, 0.29) is 35.1 Å². The number of halogens is 1. The van der Waals surface area contributed by atoms with Crippen molar-refractivity contribution in [2.45, 2.75) is 11.8 Å². The van der Waals surface area contributed by atoms with Crippen molar-refractivity contribution in [2.24, 2.45) is 17.8 Å². The van der Waals surface area contributed by atoms with Crippen molar-refractivity contribution in [1.29, 1.82) is 0 Å². The monoisotopic (exact) mass is 312 g/mol. The molecular formula is C14H17FN2O3S. The minimum absolute atomic E-state index is 0.000276. The second-order valence-electron chi connectivity index (χ2n) is 5.71. The molecule has 0 unspecified atom stereocenters. The quantitative estimate of drug-likeness (QED) is 0.879. The minimum atomic E-state index is -3.85. The molecule has 0 aliphatic carbocycles. The third-order valence-electron chi connectivity index (χ3n) is 4.51. The fourth-order valence-electron chi connectivity index (χ4n) is 3.21. The molecule has 1 aromatic carbocycles. The molecule has 0 saturated carbocycles. The van der Waals surface area contributed by atoms with Crippen LogP contribution in [0.5, 0.6) is 0 Å². The van der Waals surface area contributed by atoms with E-state index in [0.717, 1.165) is 6.07 Å². The van der Waals surface area contributed by atoms with Crippen molar-refractivity contribution >= 4 is 15.9 Å². The molecule has 0 spiro atoms. The van der Waals surface area contributed by atoms with E-state index in [4.69, 9.17) is 0 Å². The maximum atomic E-state index is 13.8. The number of nitrogens with one attached hydrogen (secondary N) is 1. The van der Waals surface area contributed by atoms with E-state index < -0.39 is 15.8 Å². The summed E-state index contributed by atoms with van der Waals surface area (Å²) in [6, 6.07) is 5.39. The molecule has 2 heterocycles. The Bertz CT molecular complexity index is 677. The summed E-state index contributed by atoms with van der Waals surface area (Å²) < 4.78 is 40.2. The highest BCUT2D eigenvalue weighted by Crippen LogP contribution is 2.35. The Morgan fingerprint density at radius 2 is 2.00 bits per heavy atom. The number of nitrogens with zero attached hydrogens (tertiary/aromatic N) is 1. The number of sulfonamides is 1. The molecule has 7 heteroatoms. The maximum Gasteiger partial charge on any atom is 0.246 e. The van der Waals surface area contributed by atoms with Gasteiger partial charge in [-0.2, -0.15) is 4.31 Å². The lowest BCUT2D eigenvalue weighted by molar-refractivity contribution is -0.128. The first-order chi connectivity index (χ1) is 9.91.